The lowest BCUT2D eigenvalue weighted by atomic mass is 9.77. The molecular weight excluding hydrogens is 316 g/mol. The van der Waals surface area contributed by atoms with Gasteiger partial charge >= 0.3 is 0 Å². The van der Waals surface area contributed by atoms with E-state index in [9.17, 15) is 9.59 Å². The average molecular weight is 353 g/mol. The van der Waals surface area contributed by atoms with Crippen molar-refractivity contribution < 1.29 is 9.59 Å². The number of nitrogens with one attached hydrogen (secondary N) is 2. The van der Waals surface area contributed by atoms with Crippen molar-refractivity contribution in [3.05, 3.63) is 0 Å². The van der Waals surface area contributed by atoms with Crippen LogP contribution in [-0.2, 0) is 9.59 Å². The molecule has 0 spiro atoms. The number of carbonyl (C=O) groups excluding carboxylic acids is 2. The molecule has 1 unspecified atom stereocenters. The van der Waals surface area contributed by atoms with E-state index in [-0.39, 0.29) is 47.4 Å². The fourth-order valence-electron chi connectivity index (χ4n) is 4.50. The Bertz CT molecular complexity index is 498. The van der Waals surface area contributed by atoms with Crippen LogP contribution in [0, 0.1) is 0 Å². The summed E-state index contributed by atoms with van der Waals surface area (Å²) < 4.78 is 0. The monoisotopic (exact) mass is 352 g/mol. The molecule has 0 aromatic carbocycles. The summed E-state index contributed by atoms with van der Waals surface area (Å²) in [4.78, 5) is 29.4. The van der Waals surface area contributed by atoms with Crippen LogP contribution < -0.4 is 10.6 Å². The van der Waals surface area contributed by atoms with Crippen molar-refractivity contribution in [2.24, 2.45) is 0 Å². The van der Waals surface area contributed by atoms with Crippen LogP contribution in [-0.4, -0.2) is 71.0 Å². The molecule has 2 saturated heterocycles. The second-order valence-corrected chi connectivity index (χ2v) is 9.20. The standard InChI is InChI=1S/C19H36N4O2/c1-13(2)23-9-8-20-17(25)15(23)10-16(24)21-14-11-18(3,4)22(7)19(5,6)12-14/h13-15H,8-12H2,1-7H3,(H,20,25)(H,21,24). The molecule has 144 valence electrons. The average Bonchev–Trinajstić information content (AvgIpc) is 2.45. The normalized spacial score (nSPS) is 28.0. The molecule has 6 heteroatoms. The summed E-state index contributed by atoms with van der Waals surface area (Å²) in [5.41, 5.74) is 0.0672. The first kappa shape index (κ1) is 20.2. The van der Waals surface area contributed by atoms with Gasteiger partial charge in [-0.05, 0) is 61.4 Å². The number of carbonyl (C=O) groups is 2. The Morgan fingerprint density at radius 1 is 1.24 bits per heavy atom. The van der Waals surface area contributed by atoms with Crippen LogP contribution in [0.2, 0.25) is 0 Å². The van der Waals surface area contributed by atoms with Gasteiger partial charge in [-0.25, -0.2) is 0 Å². The molecule has 6 nitrogen and oxygen atoms in total. The van der Waals surface area contributed by atoms with Gasteiger partial charge in [-0.15, -0.1) is 0 Å². The maximum Gasteiger partial charge on any atom is 0.237 e. The number of hydrogen-bond donors (Lipinski definition) is 2. The molecule has 0 bridgehead atoms. The van der Waals surface area contributed by atoms with E-state index in [4.69, 9.17) is 0 Å². The number of nitrogens with zero attached hydrogens (tertiary/aromatic N) is 2. The quantitative estimate of drug-likeness (QED) is 0.802. The van der Waals surface area contributed by atoms with Gasteiger partial charge < -0.3 is 10.6 Å². The maximum atomic E-state index is 12.7. The second-order valence-electron chi connectivity index (χ2n) is 9.20. The molecule has 2 N–H and O–H groups in total. The van der Waals surface area contributed by atoms with E-state index in [0.29, 0.717) is 6.54 Å². The maximum absolute atomic E-state index is 12.7. The van der Waals surface area contributed by atoms with E-state index in [1.807, 2.05) is 0 Å². The van der Waals surface area contributed by atoms with Gasteiger partial charge in [-0.3, -0.25) is 19.4 Å². The van der Waals surface area contributed by atoms with Crippen molar-refractivity contribution in [1.82, 2.24) is 20.4 Å². The molecule has 2 amide bonds. The highest BCUT2D eigenvalue weighted by Gasteiger charge is 2.43. The summed E-state index contributed by atoms with van der Waals surface area (Å²) in [5, 5.41) is 6.10. The van der Waals surface area contributed by atoms with E-state index in [0.717, 1.165) is 19.4 Å². The molecule has 2 aliphatic heterocycles. The van der Waals surface area contributed by atoms with E-state index >= 15 is 0 Å². The van der Waals surface area contributed by atoms with E-state index in [1.54, 1.807) is 0 Å². The van der Waals surface area contributed by atoms with Crippen LogP contribution >= 0.6 is 0 Å². The zero-order valence-corrected chi connectivity index (χ0v) is 17.0. The molecule has 25 heavy (non-hydrogen) atoms. The van der Waals surface area contributed by atoms with Crippen molar-refractivity contribution in [3.63, 3.8) is 0 Å². The number of likely N-dealkylation sites (tertiary alicyclic amines) is 1. The Morgan fingerprint density at radius 2 is 1.80 bits per heavy atom. The Hall–Kier alpha value is -1.14. The highest BCUT2D eigenvalue weighted by Crippen LogP contribution is 2.36. The minimum absolute atomic E-state index is 0.0196. The zero-order chi connectivity index (χ0) is 19.0. The van der Waals surface area contributed by atoms with Gasteiger partial charge in [0.1, 0.15) is 0 Å². The SMILES string of the molecule is CC(C)N1CCNC(=O)C1CC(=O)NC1CC(C)(C)N(C)C(C)(C)C1. The number of amides is 2. The Morgan fingerprint density at radius 3 is 2.32 bits per heavy atom. The van der Waals surface area contributed by atoms with Crippen LogP contribution in [0.4, 0.5) is 0 Å². The molecule has 2 rings (SSSR count). The lowest BCUT2D eigenvalue weighted by Crippen LogP contribution is -2.63. The van der Waals surface area contributed by atoms with E-state index in [2.05, 4.69) is 69.0 Å². The lowest BCUT2D eigenvalue weighted by molar-refractivity contribution is -0.135. The van der Waals surface area contributed by atoms with E-state index < -0.39 is 0 Å². The zero-order valence-electron chi connectivity index (χ0n) is 17.0. The summed E-state index contributed by atoms with van der Waals surface area (Å²) in [6.45, 7) is 14.5. The molecule has 0 aliphatic carbocycles. The molecule has 0 aromatic rings. The summed E-state index contributed by atoms with van der Waals surface area (Å²) in [6.07, 6.45) is 2.07. The van der Waals surface area contributed by atoms with Crippen molar-refractivity contribution in [2.45, 2.75) is 90.0 Å². The highest BCUT2D eigenvalue weighted by molar-refractivity contribution is 5.89. The summed E-state index contributed by atoms with van der Waals surface area (Å²) >= 11 is 0. The third-order valence-corrected chi connectivity index (χ3v) is 6.09. The Kier molecular flexibility index (Phi) is 5.84. The number of rotatable bonds is 4. The van der Waals surface area contributed by atoms with Gasteiger partial charge in [-0.1, -0.05) is 0 Å². The van der Waals surface area contributed by atoms with Crippen LogP contribution in [0.3, 0.4) is 0 Å². The third-order valence-electron chi connectivity index (χ3n) is 6.09. The molecule has 0 radical (unpaired) electrons. The smallest absolute Gasteiger partial charge is 0.237 e. The molecule has 2 heterocycles. The van der Waals surface area contributed by atoms with Crippen molar-refractivity contribution in [3.8, 4) is 0 Å². The Labute approximate surface area is 152 Å². The first-order valence-electron chi connectivity index (χ1n) is 9.51. The van der Waals surface area contributed by atoms with Gasteiger partial charge in [0, 0.05) is 36.3 Å². The Balaban J connectivity index is 2.00. The minimum Gasteiger partial charge on any atom is -0.353 e. The third kappa shape index (κ3) is 4.53. The first-order chi connectivity index (χ1) is 11.4. The predicted molar refractivity (Wildman–Crippen MR) is 100 cm³/mol. The predicted octanol–water partition coefficient (Wildman–Crippen LogP) is 1.35. The van der Waals surface area contributed by atoms with Crippen LogP contribution in [0.5, 0.6) is 0 Å². The number of piperidine rings is 1. The van der Waals surface area contributed by atoms with Crippen LogP contribution in [0.15, 0.2) is 0 Å². The molecule has 0 saturated carbocycles. The van der Waals surface area contributed by atoms with Gasteiger partial charge in [0.25, 0.3) is 0 Å². The van der Waals surface area contributed by atoms with Crippen molar-refractivity contribution >= 4 is 11.8 Å². The first-order valence-corrected chi connectivity index (χ1v) is 9.51. The summed E-state index contributed by atoms with van der Waals surface area (Å²) in [6, 6.07) is 0.0407. The molecule has 1 atom stereocenters. The second kappa shape index (κ2) is 7.23. The fourth-order valence-corrected chi connectivity index (χ4v) is 4.50. The van der Waals surface area contributed by atoms with Crippen LogP contribution in [0.25, 0.3) is 0 Å². The largest absolute Gasteiger partial charge is 0.353 e. The molecule has 0 aromatic heterocycles. The van der Waals surface area contributed by atoms with Gasteiger partial charge in [0.2, 0.25) is 11.8 Å². The number of piperazine rings is 1. The number of hydrogen-bond acceptors (Lipinski definition) is 4. The minimum atomic E-state index is -0.360. The highest BCUT2D eigenvalue weighted by atomic mass is 16.2. The van der Waals surface area contributed by atoms with Gasteiger partial charge in [-0.2, -0.15) is 0 Å². The molecule has 2 aliphatic rings. The topological polar surface area (TPSA) is 64.7 Å². The summed E-state index contributed by atoms with van der Waals surface area (Å²) in [7, 11) is 2.16. The molecule has 2 fully saturated rings. The molecular formula is C19H36N4O2. The van der Waals surface area contributed by atoms with E-state index in [1.165, 1.54) is 0 Å². The van der Waals surface area contributed by atoms with Gasteiger partial charge in [0.15, 0.2) is 0 Å². The van der Waals surface area contributed by atoms with Crippen molar-refractivity contribution in [2.75, 3.05) is 20.1 Å². The fraction of sp³-hybridized carbons (Fsp3) is 0.895. The van der Waals surface area contributed by atoms with Crippen molar-refractivity contribution in [1.29, 1.82) is 0 Å². The van der Waals surface area contributed by atoms with Gasteiger partial charge in [0.05, 0.1) is 12.5 Å². The lowest BCUT2D eigenvalue weighted by Gasteiger charge is -2.53. The summed E-state index contributed by atoms with van der Waals surface area (Å²) in [5.74, 6) is -0.0482. The van der Waals surface area contributed by atoms with Crippen LogP contribution in [0.1, 0.15) is 60.8 Å².